The van der Waals surface area contributed by atoms with Crippen molar-refractivity contribution in [3.8, 4) is 11.3 Å². The van der Waals surface area contributed by atoms with Crippen molar-refractivity contribution in [2.24, 2.45) is 0 Å². The third-order valence-corrected chi connectivity index (χ3v) is 8.89. The van der Waals surface area contributed by atoms with E-state index in [2.05, 4.69) is 127 Å². The zero-order valence-corrected chi connectivity index (χ0v) is 22.0. The predicted molar refractivity (Wildman–Crippen MR) is 144 cm³/mol. The molecule has 1 nitrogen and oxygen atoms in total. The van der Waals surface area contributed by atoms with Gasteiger partial charge in [0, 0.05) is 17.2 Å². The van der Waals surface area contributed by atoms with Gasteiger partial charge in [0.05, 0.1) is 18.5 Å². The molecule has 163 valence electrons. The molecule has 0 saturated heterocycles. The summed E-state index contributed by atoms with van der Waals surface area (Å²) in [6.45, 7) is 0. The van der Waals surface area contributed by atoms with Gasteiger partial charge in [0.15, 0.2) is 0 Å². The normalized spacial score (nSPS) is 11.0. The van der Waals surface area contributed by atoms with Crippen LogP contribution in [0.5, 0.6) is 0 Å². The number of rotatable bonds is 4. The Morgan fingerprint density at radius 2 is 1.21 bits per heavy atom. The van der Waals surface area contributed by atoms with Gasteiger partial charge >= 0.3 is 19.8 Å². The molecule has 0 saturated carbocycles. The van der Waals surface area contributed by atoms with Gasteiger partial charge in [-0.3, -0.25) is 4.98 Å². The van der Waals surface area contributed by atoms with E-state index in [4.69, 9.17) is 4.98 Å². The Hall–Kier alpha value is -3.16. The van der Waals surface area contributed by atoms with Crippen LogP contribution in [0.2, 0.25) is 0 Å². The fourth-order valence-electron chi connectivity index (χ4n) is 4.57. The minimum Gasteiger partial charge on any atom is -0.294 e. The molecule has 34 heavy (non-hydrogen) atoms. The minimum absolute atomic E-state index is 0. The Balaban J connectivity index is 0.00000241. The SMILES string of the molecule is [Os+].[c-]1c(-c2nccc3ccccc23)ccc2cccc([PH+](c3ccccc3)c3ccccc3)c12. The first-order valence-electron chi connectivity index (χ1n) is 11.2. The van der Waals surface area contributed by atoms with Crippen molar-refractivity contribution >= 4 is 45.4 Å². The third-order valence-electron chi connectivity index (χ3n) is 6.11. The predicted octanol–water partition coefficient (Wildman–Crippen LogP) is 6.34. The minimum atomic E-state index is -1.19. The van der Waals surface area contributed by atoms with E-state index >= 15 is 0 Å². The van der Waals surface area contributed by atoms with Crippen LogP contribution in [0.4, 0.5) is 0 Å². The number of hydrogen-bond acceptors (Lipinski definition) is 1. The molecular formula is C31H22NOsP+. The Bertz CT molecular complexity index is 1520. The maximum absolute atomic E-state index is 4.75. The average molecular weight is 630 g/mol. The summed E-state index contributed by atoms with van der Waals surface area (Å²) in [6.07, 6.45) is 1.89. The van der Waals surface area contributed by atoms with Crippen LogP contribution in [0.15, 0.2) is 128 Å². The molecule has 0 aliphatic rings. The number of pyridine rings is 1. The molecule has 0 spiro atoms. The van der Waals surface area contributed by atoms with E-state index in [9.17, 15) is 0 Å². The molecule has 0 aliphatic carbocycles. The molecule has 0 N–H and O–H groups in total. The van der Waals surface area contributed by atoms with Gasteiger partial charge in [-0.05, 0) is 41.1 Å². The first-order chi connectivity index (χ1) is 16.4. The monoisotopic (exact) mass is 631 g/mol. The van der Waals surface area contributed by atoms with Crippen molar-refractivity contribution in [3.05, 3.63) is 134 Å². The van der Waals surface area contributed by atoms with E-state index in [-0.39, 0.29) is 19.8 Å². The topological polar surface area (TPSA) is 12.9 Å². The van der Waals surface area contributed by atoms with Crippen molar-refractivity contribution in [3.63, 3.8) is 0 Å². The molecular weight excluding hydrogens is 608 g/mol. The van der Waals surface area contributed by atoms with Gasteiger partial charge in [-0.15, -0.1) is 18.2 Å². The fraction of sp³-hybridized carbons (Fsp3) is 0. The second kappa shape index (κ2) is 9.99. The molecule has 6 rings (SSSR count). The number of aromatic nitrogens is 1. The maximum Gasteiger partial charge on any atom is 1.00 e. The van der Waals surface area contributed by atoms with Crippen LogP contribution in [-0.2, 0) is 19.8 Å². The summed E-state index contributed by atoms with van der Waals surface area (Å²) in [5.74, 6) is 0. The number of hydrogen-bond donors (Lipinski definition) is 0. The maximum atomic E-state index is 4.75. The summed E-state index contributed by atoms with van der Waals surface area (Å²) in [5.41, 5.74) is 2.02. The fourth-order valence-corrected chi connectivity index (χ4v) is 7.29. The largest absolute Gasteiger partial charge is 1.00 e. The molecule has 0 fully saturated rings. The third kappa shape index (κ3) is 4.21. The first kappa shape index (κ1) is 22.6. The summed E-state index contributed by atoms with van der Waals surface area (Å²) >= 11 is 0. The summed E-state index contributed by atoms with van der Waals surface area (Å²) in [4.78, 5) is 4.75. The van der Waals surface area contributed by atoms with Crippen molar-refractivity contribution in [1.29, 1.82) is 0 Å². The molecule has 6 aromatic rings. The molecule has 1 heterocycles. The van der Waals surface area contributed by atoms with Crippen LogP contribution in [-0.4, -0.2) is 4.98 Å². The molecule has 5 aromatic carbocycles. The van der Waals surface area contributed by atoms with E-state index < -0.39 is 7.92 Å². The van der Waals surface area contributed by atoms with Crippen molar-refractivity contribution in [2.75, 3.05) is 0 Å². The van der Waals surface area contributed by atoms with E-state index in [0.29, 0.717) is 0 Å². The second-order valence-electron chi connectivity index (χ2n) is 8.13. The van der Waals surface area contributed by atoms with E-state index in [0.717, 1.165) is 16.6 Å². The first-order valence-corrected chi connectivity index (χ1v) is 12.7. The summed E-state index contributed by atoms with van der Waals surface area (Å²) < 4.78 is 0. The number of benzene rings is 5. The van der Waals surface area contributed by atoms with Crippen LogP contribution in [0.25, 0.3) is 32.8 Å². The molecule has 0 atom stereocenters. The van der Waals surface area contributed by atoms with Gasteiger partial charge in [0.25, 0.3) is 0 Å². The Labute approximate surface area is 214 Å². The van der Waals surface area contributed by atoms with Gasteiger partial charge in [-0.2, -0.15) is 0 Å². The number of fused-ring (bicyclic) bond motifs is 2. The van der Waals surface area contributed by atoms with Crippen molar-refractivity contribution in [1.82, 2.24) is 4.98 Å². The zero-order valence-electron chi connectivity index (χ0n) is 18.4. The van der Waals surface area contributed by atoms with Crippen LogP contribution in [0.3, 0.4) is 0 Å². The van der Waals surface area contributed by atoms with E-state index in [1.165, 1.54) is 32.1 Å². The molecule has 0 amide bonds. The molecule has 0 bridgehead atoms. The van der Waals surface area contributed by atoms with Gasteiger partial charge in [-0.1, -0.05) is 95.2 Å². The van der Waals surface area contributed by atoms with Crippen LogP contribution >= 0.6 is 7.92 Å². The standard InChI is InChI=1S/C31H21NP.Os/c1-3-12-26(13-4-1)33(27-14-5-2-6-15-27)30-17-9-11-23-18-19-25(22-29(23)30)31-28-16-8-7-10-24(28)20-21-32-31;/h1-21H;/q-1;+1/p+1. The van der Waals surface area contributed by atoms with Crippen molar-refractivity contribution in [2.45, 2.75) is 0 Å². The van der Waals surface area contributed by atoms with Gasteiger partial charge < -0.3 is 0 Å². The van der Waals surface area contributed by atoms with Gasteiger partial charge in [0.2, 0.25) is 0 Å². The van der Waals surface area contributed by atoms with E-state index in [1.807, 2.05) is 6.20 Å². The Morgan fingerprint density at radius 3 is 1.94 bits per heavy atom. The summed E-state index contributed by atoms with van der Waals surface area (Å²) in [5, 5.41) is 8.87. The van der Waals surface area contributed by atoms with Crippen molar-refractivity contribution < 1.29 is 19.8 Å². The molecule has 0 unspecified atom stereocenters. The molecule has 1 aromatic heterocycles. The van der Waals surface area contributed by atoms with E-state index in [1.54, 1.807) is 0 Å². The number of nitrogens with zero attached hydrogens (tertiary/aromatic N) is 1. The van der Waals surface area contributed by atoms with Gasteiger partial charge in [0.1, 0.15) is 0 Å². The van der Waals surface area contributed by atoms with Crippen LogP contribution in [0.1, 0.15) is 0 Å². The summed E-state index contributed by atoms with van der Waals surface area (Å²) in [6, 6.07) is 47.1. The summed E-state index contributed by atoms with van der Waals surface area (Å²) in [7, 11) is -1.19. The molecule has 3 heteroatoms. The molecule has 1 radical (unpaired) electrons. The van der Waals surface area contributed by atoms with Gasteiger partial charge in [-0.25, -0.2) is 0 Å². The van der Waals surface area contributed by atoms with Crippen LogP contribution in [0, 0.1) is 6.07 Å². The molecule has 0 aliphatic heterocycles. The smallest absolute Gasteiger partial charge is 0.294 e. The quantitative estimate of drug-likeness (QED) is 0.164. The average Bonchev–Trinajstić information content (AvgIpc) is 2.90. The second-order valence-corrected chi connectivity index (χ2v) is 10.6. The Kier molecular flexibility index (Phi) is 6.65. The Morgan fingerprint density at radius 1 is 0.559 bits per heavy atom. The van der Waals surface area contributed by atoms with Crippen LogP contribution < -0.4 is 15.9 Å². The zero-order chi connectivity index (χ0) is 22.0.